The lowest BCUT2D eigenvalue weighted by atomic mass is 9.95. The summed E-state index contributed by atoms with van der Waals surface area (Å²) < 4.78 is 21.8. The van der Waals surface area contributed by atoms with Crippen LogP contribution in [0.15, 0.2) is 24.3 Å². The number of methoxy groups -OCH3 is 4. The van der Waals surface area contributed by atoms with Crippen molar-refractivity contribution < 1.29 is 23.7 Å². The molecule has 0 aliphatic heterocycles. The molecular weight excluding hydrogens is 308 g/mol. The van der Waals surface area contributed by atoms with Crippen molar-refractivity contribution in [1.29, 1.82) is 0 Å². The minimum absolute atomic E-state index is 0.168. The van der Waals surface area contributed by atoms with Crippen LogP contribution in [-0.2, 0) is 6.42 Å². The van der Waals surface area contributed by atoms with Gasteiger partial charge in [-0.1, -0.05) is 0 Å². The number of Topliss-reactive ketones (excluding diaryl/α,β-unsaturated/α-hetero) is 1. The average Bonchev–Trinajstić information content (AvgIpc) is 3.00. The maximum absolute atomic E-state index is 12.1. The van der Waals surface area contributed by atoms with Gasteiger partial charge in [0.15, 0.2) is 17.3 Å². The van der Waals surface area contributed by atoms with Gasteiger partial charge in [-0.15, -0.1) is 0 Å². The number of ether oxygens (including phenoxy) is 4. The second-order valence-corrected chi connectivity index (χ2v) is 5.51. The second kappa shape index (κ2) is 6.43. The van der Waals surface area contributed by atoms with Crippen LogP contribution in [-0.4, -0.2) is 34.2 Å². The van der Waals surface area contributed by atoms with Gasteiger partial charge in [0, 0.05) is 17.5 Å². The summed E-state index contributed by atoms with van der Waals surface area (Å²) in [7, 11) is 6.36. The smallest absolute Gasteiger partial charge is 0.203 e. The van der Waals surface area contributed by atoms with Crippen LogP contribution in [0.25, 0.3) is 11.1 Å². The third kappa shape index (κ3) is 2.46. The van der Waals surface area contributed by atoms with E-state index in [1.807, 2.05) is 24.3 Å². The average molecular weight is 328 g/mol. The van der Waals surface area contributed by atoms with Gasteiger partial charge in [-0.3, -0.25) is 4.79 Å². The highest BCUT2D eigenvalue weighted by atomic mass is 16.5. The van der Waals surface area contributed by atoms with Gasteiger partial charge < -0.3 is 18.9 Å². The first-order chi connectivity index (χ1) is 11.6. The lowest BCUT2D eigenvalue weighted by Gasteiger charge is -2.17. The maximum Gasteiger partial charge on any atom is 0.203 e. The van der Waals surface area contributed by atoms with E-state index < -0.39 is 0 Å². The van der Waals surface area contributed by atoms with Crippen LogP contribution < -0.4 is 18.9 Å². The monoisotopic (exact) mass is 328 g/mol. The standard InChI is InChI=1S/C19H20O5/c1-21-15-8-6-12-13(5-7-14(12)20)18(15)11-9-16(22-2)19(24-4)17(10-11)23-3/h6,8-10H,5,7H2,1-4H3. The lowest BCUT2D eigenvalue weighted by molar-refractivity contribution is 0.0994. The molecule has 126 valence electrons. The Labute approximate surface area is 141 Å². The topological polar surface area (TPSA) is 54.0 Å². The third-order valence-electron chi connectivity index (χ3n) is 4.35. The molecule has 2 aromatic rings. The summed E-state index contributed by atoms with van der Waals surface area (Å²) in [6, 6.07) is 7.43. The summed E-state index contributed by atoms with van der Waals surface area (Å²) in [5.74, 6) is 2.55. The molecule has 0 bridgehead atoms. The van der Waals surface area contributed by atoms with E-state index >= 15 is 0 Å². The van der Waals surface area contributed by atoms with Crippen molar-refractivity contribution in [3.8, 4) is 34.1 Å². The molecule has 0 radical (unpaired) electrons. The molecule has 0 heterocycles. The van der Waals surface area contributed by atoms with Crippen molar-refractivity contribution in [2.24, 2.45) is 0 Å². The molecule has 2 aromatic carbocycles. The first-order valence-electron chi connectivity index (χ1n) is 7.68. The number of hydrogen-bond acceptors (Lipinski definition) is 5. The summed E-state index contributed by atoms with van der Waals surface area (Å²) in [4.78, 5) is 12.1. The molecule has 0 spiro atoms. The Bertz CT molecular complexity index is 770. The van der Waals surface area contributed by atoms with Gasteiger partial charge in [0.05, 0.1) is 28.4 Å². The Morgan fingerprint density at radius 2 is 1.42 bits per heavy atom. The van der Waals surface area contributed by atoms with Gasteiger partial charge in [0.25, 0.3) is 0 Å². The van der Waals surface area contributed by atoms with Crippen LogP contribution in [0.1, 0.15) is 22.3 Å². The first kappa shape index (κ1) is 16.2. The first-order valence-corrected chi connectivity index (χ1v) is 7.68. The van der Waals surface area contributed by atoms with Crippen molar-refractivity contribution in [1.82, 2.24) is 0 Å². The molecule has 0 saturated carbocycles. The fourth-order valence-electron chi connectivity index (χ4n) is 3.23. The number of ketones is 1. The molecule has 0 N–H and O–H groups in total. The number of hydrogen-bond donors (Lipinski definition) is 0. The van der Waals surface area contributed by atoms with Crippen LogP contribution in [0, 0.1) is 0 Å². The summed E-state index contributed by atoms with van der Waals surface area (Å²) in [6.45, 7) is 0. The van der Waals surface area contributed by atoms with E-state index in [9.17, 15) is 4.79 Å². The summed E-state index contributed by atoms with van der Waals surface area (Å²) in [5.41, 5.74) is 3.54. The predicted molar refractivity (Wildman–Crippen MR) is 90.7 cm³/mol. The highest BCUT2D eigenvalue weighted by molar-refractivity contribution is 6.03. The Hall–Kier alpha value is -2.69. The van der Waals surface area contributed by atoms with Crippen LogP contribution in [0.5, 0.6) is 23.0 Å². The van der Waals surface area contributed by atoms with Gasteiger partial charge in [0.2, 0.25) is 5.75 Å². The zero-order valence-electron chi connectivity index (χ0n) is 14.3. The maximum atomic E-state index is 12.1. The Balaban J connectivity index is 2.28. The number of carbonyl (C=O) groups is 1. The molecular formula is C19H20O5. The van der Waals surface area contributed by atoms with Crippen molar-refractivity contribution >= 4 is 5.78 Å². The summed E-state index contributed by atoms with van der Waals surface area (Å²) in [5, 5.41) is 0. The Kier molecular flexibility index (Phi) is 4.34. The zero-order chi connectivity index (χ0) is 17.3. The van der Waals surface area contributed by atoms with E-state index in [0.29, 0.717) is 30.1 Å². The molecule has 0 atom stereocenters. The molecule has 5 heteroatoms. The Morgan fingerprint density at radius 1 is 0.792 bits per heavy atom. The Morgan fingerprint density at radius 3 is 1.96 bits per heavy atom. The molecule has 0 fully saturated rings. The van der Waals surface area contributed by atoms with Gasteiger partial charge in [-0.25, -0.2) is 0 Å². The van der Waals surface area contributed by atoms with E-state index in [1.54, 1.807) is 28.4 Å². The van der Waals surface area contributed by atoms with Crippen LogP contribution >= 0.6 is 0 Å². The van der Waals surface area contributed by atoms with E-state index in [2.05, 4.69) is 0 Å². The van der Waals surface area contributed by atoms with Crippen molar-refractivity contribution in [2.75, 3.05) is 28.4 Å². The molecule has 24 heavy (non-hydrogen) atoms. The van der Waals surface area contributed by atoms with Gasteiger partial charge in [-0.2, -0.15) is 0 Å². The fourth-order valence-corrected chi connectivity index (χ4v) is 3.23. The van der Waals surface area contributed by atoms with E-state index in [0.717, 1.165) is 28.0 Å². The highest BCUT2D eigenvalue weighted by Gasteiger charge is 2.26. The van der Waals surface area contributed by atoms with Crippen LogP contribution in [0.4, 0.5) is 0 Å². The molecule has 0 aromatic heterocycles. The lowest BCUT2D eigenvalue weighted by Crippen LogP contribution is -1.99. The molecule has 0 amide bonds. The second-order valence-electron chi connectivity index (χ2n) is 5.51. The minimum atomic E-state index is 0.168. The fraction of sp³-hybridized carbons (Fsp3) is 0.316. The zero-order valence-corrected chi connectivity index (χ0v) is 14.3. The minimum Gasteiger partial charge on any atom is -0.496 e. The SMILES string of the molecule is COc1cc(-c2c(OC)ccc3c2CCC3=O)cc(OC)c1OC. The van der Waals surface area contributed by atoms with E-state index in [-0.39, 0.29) is 5.78 Å². The predicted octanol–water partition coefficient (Wildman–Crippen LogP) is 3.52. The van der Waals surface area contributed by atoms with Crippen LogP contribution in [0.3, 0.4) is 0 Å². The van der Waals surface area contributed by atoms with Gasteiger partial charge in [0.1, 0.15) is 5.75 Å². The molecule has 3 rings (SSSR count). The number of rotatable bonds is 5. The number of carbonyl (C=O) groups excluding carboxylic acids is 1. The van der Waals surface area contributed by atoms with Crippen molar-refractivity contribution in [3.63, 3.8) is 0 Å². The summed E-state index contributed by atoms with van der Waals surface area (Å²) >= 11 is 0. The van der Waals surface area contributed by atoms with Crippen molar-refractivity contribution in [3.05, 3.63) is 35.4 Å². The number of fused-ring (bicyclic) bond motifs is 1. The third-order valence-corrected chi connectivity index (χ3v) is 4.35. The number of benzene rings is 2. The van der Waals surface area contributed by atoms with Gasteiger partial charge in [-0.05, 0) is 41.8 Å². The molecule has 5 nitrogen and oxygen atoms in total. The van der Waals surface area contributed by atoms with Crippen LogP contribution in [0.2, 0.25) is 0 Å². The largest absolute Gasteiger partial charge is 0.496 e. The normalized spacial score (nSPS) is 12.8. The van der Waals surface area contributed by atoms with E-state index in [4.69, 9.17) is 18.9 Å². The molecule has 0 saturated heterocycles. The molecule has 1 aliphatic carbocycles. The highest BCUT2D eigenvalue weighted by Crippen LogP contribution is 2.46. The molecule has 0 unspecified atom stereocenters. The quantitative estimate of drug-likeness (QED) is 0.840. The van der Waals surface area contributed by atoms with Crippen molar-refractivity contribution in [2.45, 2.75) is 12.8 Å². The van der Waals surface area contributed by atoms with E-state index in [1.165, 1.54) is 0 Å². The summed E-state index contributed by atoms with van der Waals surface area (Å²) in [6.07, 6.45) is 1.23. The molecule has 1 aliphatic rings. The van der Waals surface area contributed by atoms with Gasteiger partial charge >= 0.3 is 0 Å².